The third-order valence-corrected chi connectivity index (χ3v) is 1.70. The molecule has 0 saturated heterocycles. The lowest BCUT2D eigenvalue weighted by molar-refractivity contribution is 0.0691. The highest BCUT2D eigenvalue weighted by Gasteiger charge is 2.16. The third-order valence-electron chi connectivity index (χ3n) is 1.70. The molecular weight excluding hydrogens is 177 g/mol. The number of benzene rings is 1. The van der Waals surface area contributed by atoms with E-state index in [-0.39, 0.29) is 11.3 Å². The summed E-state index contributed by atoms with van der Waals surface area (Å²) in [5.74, 6) is -2.27. The van der Waals surface area contributed by atoms with Gasteiger partial charge < -0.3 is 5.11 Å². The molecule has 0 fully saturated rings. The van der Waals surface area contributed by atoms with Crippen LogP contribution in [0, 0.1) is 17.6 Å². The minimum atomic E-state index is -1.40. The molecule has 4 nitrogen and oxygen atoms in total. The summed E-state index contributed by atoms with van der Waals surface area (Å²) in [5.41, 5.74) is -0.515. The zero-order valence-corrected chi connectivity index (χ0v) is 6.74. The maximum Gasteiger partial charge on any atom is 0.339 e. The Hall–Kier alpha value is -1.78. The molecule has 0 spiro atoms. The SMILES string of the molecule is Cc1c(N=O)ccc(F)c1C(=O)O. The van der Waals surface area contributed by atoms with Crippen LogP contribution in [-0.2, 0) is 0 Å². The van der Waals surface area contributed by atoms with Crippen molar-refractivity contribution < 1.29 is 14.3 Å². The third kappa shape index (κ3) is 1.53. The molecule has 1 aromatic carbocycles. The molecule has 1 rings (SSSR count). The number of carbonyl (C=O) groups is 1. The Morgan fingerprint density at radius 3 is 2.62 bits per heavy atom. The normalized spacial score (nSPS) is 9.69. The molecule has 1 aromatic rings. The maximum atomic E-state index is 12.9. The lowest BCUT2D eigenvalue weighted by atomic mass is 10.1. The first kappa shape index (κ1) is 9.31. The van der Waals surface area contributed by atoms with Gasteiger partial charge in [-0.2, -0.15) is 0 Å². The molecule has 0 aliphatic carbocycles. The van der Waals surface area contributed by atoms with Gasteiger partial charge in [-0.1, -0.05) is 0 Å². The van der Waals surface area contributed by atoms with Crippen LogP contribution in [0.3, 0.4) is 0 Å². The van der Waals surface area contributed by atoms with Gasteiger partial charge in [0.2, 0.25) is 0 Å². The van der Waals surface area contributed by atoms with Gasteiger partial charge in [-0.05, 0) is 29.8 Å². The number of carboxylic acids is 1. The minimum Gasteiger partial charge on any atom is -0.478 e. The van der Waals surface area contributed by atoms with Gasteiger partial charge in [0.25, 0.3) is 0 Å². The molecule has 13 heavy (non-hydrogen) atoms. The smallest absolute Gasteiger partial charge is 0.339 e. The molecule has 1 N–H and O–H groups in total. The van der Waals surface area contributed by atoms with E-state index < -0.39 is 17.3 Å². The van der Waals surface area contributed by atoms with Crippen LogP contribution < -0.4 is 0 Å². The van der Waals surface area contributed by atoms with Crippen LogP contribution in [0.25, 0.3) is 0 Å². The second kappa shape index (κ2) is 3.30. The van der Waals surface area contributed by atoms with E-state index in [1.807, 2.05) is 0 Å². The molecule has 5 heteroatoms. The fraction of sp³-hybridized carbons (Fsp3) is 0.125. The van der Waals surface area contributed by atoms with Crippen LogP contribution in [0.2, 0.25) is 0 Å². The second-order valence-electron chi connectivity index (χ2n) is 2.46. The van der Waals surface area contributed by atoms with Gasteiger partial charge in [0.15, 0.2) is 0 Å². The Morgan fingerprint density at radius 1 is 1.54 bits per heavy atom. The Kier molecular flexibility index (Phi) is 2.36. The molecule has 0 bridgehead atoms. The Labute approximate surface area is 73.0 Å². The van der Waals surface area contributed by atoms with Crippen LogP contribution >= 0.6 is 0 Å². The van der Waals surface area contributed by atoms with Crippen molar-refractivity contribution in [3.05, 3.63) is 34.0 Å². The molecule has 0 atom stereocenters. The Balaban J connectivity index is 3.47. The van der Waals surface area contributed by atoms with E-state index in [1.54, 1.807) is 0 Å². The van der Waals surface area contributed by atoms with Gasteiger partial charge in [0.05, 0.1) is 0 Å². The highest BCUT2D eigenvalue weighted by atomic mass is 19.1. The zero-order chi connectivity index (χ0) is 10.0. The number of nitrogens with zero attached hydrogens (tertiary/aromatic N) is 1. The fourth-order valence-corrected chi connectivity index (χ4v) is 1.03. The van der Waals surface area contributed by atoms with E-state index in [9.17, 15) is 14.1 Å². The first-order valence-corrected chi connectivity index (χ1v) is 3.43. The van der Waals surface area contributed by atoms with Gasteiger partial charge >= 0.3 is 5.97 Å². The van der Waals surface area contributed by atoms with E-state index in [0.29, 0.717) is 0 Å². The van der Waals surface area contributed by atoms with Crippen molar-refractivity contribution in [2.24, 2.45) is 5.18 Å². The summed E-state index contributed by atoms with van der Waals surface area (Å²) in [6, 6.07) is 2.05. The highest BCUT2D eigenvalue weighted by molar-refractivity contribution is 5.91. The van der Waals surface area contributed by atoms with Crippen LogP contribution in [0.15, 0.2) is 17.3 Å². The molecule has 0 aliphatic rings. The summed E-state index contributed by atoms with van der Waals surface area (Å²) in [4.78, 5) is 20.7. The molecule has 0 amide bonds. The summed E-state index contributed by atoms with van der Waals surface area (Å²) in [7, 11) is 0. The summed E-state index contributed by atoms with van der Waals surface area (Å²) < 4.78 is 12.9. The first-order chi connectivity index (χ1) is 6.07. The van der Waals surface area contributed by atoms with Crippen LogP contribution in [0.4, 0.5) is 10.1 Å². The lowest BCUT2D eigenvalue weighted by Crippen LogP contribution is -2.03. The number of aromatic carboxylic acids is 1. The summed E-state index contributed by atoms with van der Waals surface area (Å²) in [5, 5.41) is 11.2. The number of hydrogen-bond donors (Lipinski definition) is 1. The number of halogens is 1. The summed E-state index contributed by atoms with van der Waals surface area (Å²) >= 11 is 0. The van der Waals surface area contributed by atoms with Crippen molar-refractivity contribution in [1.82, 2.24) is 0 Å². The Morgan fingerprint density at radius 2 is 2.15 bits per heavy atom. The number of rotatable bonds is 2. The van der Waals surface area contributed by atoms with E-state index >= 15 is 0 Å². The summed E-state index contributed by atoms with van der Waals surface area (Å²) in [6.45, 7) is 1.34. The van der Waals surface area contributed by atoms with Crippen LogP contribution in [0.1, 0.15) is 15.9 Å². The monoisotopic (exact) mass is 183 g/mol. The summed E-state index contributed by atoms with van der Waals surface area (Å²) in [6.07, 6.45) is 0. The molecule has 0 saturated carbocycles. The van der Waals surface area contributed by atoms with E-state index in [0.717, 1.165) is 12.1 Å². The van der Waals surface area contributed by atoms with Crippen molar-refractivity contribution >= 4 is 11.7 Å². The molecule has 0 unspecified atom stereocenters. The largest absolute Gasteiger partial charge is 0.478 e. The van der Waals surface area contributed by atoms with Gasteiger partial charge in [0.1, 0.15) is 17.1 Å². The standard InChI is InChI=1S/C8H6FNO3/c1-4-6(10-13)3-2-5(9)7(4)8(11)12/h2-3H,1H3,(H,11,12). The van der Waals surface area contributed by atoms with Crippen molar-refractivity contribution in [2.75, 3.05) is 0 Å². The van der Waals surface area contributed by atoms with Gasteiger partial charge in [-0.15, -0.1) is 4.91 Å². The lowest BCUT2D eigenvalue weighted by Gasteiger charge is -2.02. The van der Waals surface area contributed by atoms with Crippen molar-refractivity contribution in [1.29, 1.82) is 0 Å². The number of carboxylic acid groups (broad SMARTS) is 1. The first-order valence-electron chi connectivity index (χ1n) is 3.43. The average molecular weight is 183 g/mol. The number of nitroso groups, excluding NO2 is 1. The van der Waals surface area contributed by atoms with E-state index in [2.05, 4.69) is 5.18 Å². The zero-order valence-electron chi connectivity index (χ0n) is 6.74. The molecule has 0 heterocycles. The molecule has 0 aliphatic heterocycles. The Bertz CT molecular complexity index is 376. The predicted octanol–water partition coefficient (Wildman–Crippen LogP) is 2.23. The van der Waals surface area contributed by atoms with Gasteiger partial charge in [-0.3, -0.25) is 0 Å². The molecule has 68 valence electrons. The van der Waals surface area contributed by atoms with E-state index in [1.165, 1.54) is 6.92 Å². The van der Waals surface area contributed by atoms with Crippen molar-refractivity contribution in [3.8, 4) is 0 Å². The maximum absolute atomic E-state index is 12.9. The van der Waals surface area contributed by atoms with E-state index in [4.69, 9.17) is 5.11 Å². The quantitative estimate of drug-likeness (QED) is 0.715. The highest BCUT2D eigenvalue weighted by Crippen LogP contribution is 2.23. The average Bonchev–Trinajstić information content (AvgIpc) is 2.04. The molecule has 0 radical (unpaired) electrons. The predicted molar refractivity (Wildman–Crippen MR) is 43.6 cm³/mol. The second-order valence-corrected chi connectivity index (χ2v) is 2.46. The van der Waals surface area contributed by atoms with Crippen LogP contribution in [-0.4, -0.2) is 11.1 Å². The van der Waals surface area contributed by atoms with Crippen molar-refractivity contribution in [2.45, 2.75) is 6.92 Å². The van der Waals surface area contributed by atoms with Crippen LogP contribution in [0.5, 0.6) is 0 Å². The van der Waals surface area contributed by atoms with Gasteiger partial charge in [-0.25, -0.2) is 9.18 Å². The minimum absolute atomic E-state index is 0.0440. The van der Waals surface area contributed by atoms with Gasteiger partial charge in [0, 0.05) is 0 Å². The fourth-order valence-electron chi connectivity index (χ4n) is 1.03. The molecule has 0 aromatic heterocycles. The topological polar surface area (TPSA) is 66.7 Å². The molecular formula is C8H6FNO3. The number of hydrogen-bond acceptors (Lipinski definition) is 3. The van der Waals surface area contributed by atoms with Crippen molar-refractivity contribution in [3.63, 3.8) is 0 Å².